The molecule has 3 unspecified atom stereocenters. The van der Waals surface area contributed by atoms with Crippen molar-refractivity contribution in [3.63, 3.8) is 0 Å². The number of rotatable bonds is 2. The highest BCUT2D eigenvalue weighted by Crippen LogP contribution is 2.39. The van der Waals surface area contributed by atoms with Gasteiger partial charge in [-0.1, -0.05) is 12.2 Å². The lowest BCUT2D eigenvalue weighted by molar-refractivity contribution is -0.145. The van der Waals surface area contributed by atoms with Crippen molar-refractivity contribution in [2.24, 2.45) is 5.92 Å². The van der Waals surface area contributed by atoms with Gasteiger partial charge in [-0.15, -0.1) is 0 Å². The van der Waals surface area contributed by atoms with Crippen molar-refractivity contribution in [3.05, 3.63) is 23.8 Å². The molecule has 2 heterocycles. The summed E-state index contributed by atoms with van der Waals surface area (Å²) in [6.07, 6.45) is 4.29. The second kappa shape index (κ2) is 4.09. The molecular weight excluding hydrogens is 212 g/mol. The van der Waals surface area contributed by atoms with E-state index < -0.39 is 17.9 Å². The molecule has 0 aromatic rings. The third-order valence-corrected chi connectivity index (χ3v) is 2.74. The minimum Gasteiger partial charge on any atom is -0.468 e. The van der Waals surface area contributed by atoms with Crippen molar-refractivity contribution in [1.82, 2.24) is 0 Å². The number of esters is 2. The summed E-state index contributed by atoms with van der Waals surface area (Å²) in [5.41, 5.74) is 0.603. The summed E-state index contributed by atoms with van der Waals surface area (Å²) >= 11 is 0. The van der Waals surface area contributed by atoms with Gasteiger partial charge in [-0.2, -0.15) is 0 Å². The molecule has 2 aliphatic heterocycles. The minimum atomic E-state index is -0.529. The van der Waals surface area contributed by atoms with E-state index >= 15 is 0 Å². The molecule has 0 saturated carbocycles. The van der Waals surface area contributed by atoms with E-state index in [1.807, 2.05) is 6.08 Å². The van der Waals surface area contributed by atoms with Crippen LogP contribution < -0.4 is 0 Å². The van der Waals surface area contributed by atoms with Crippen molar-refractivity contribution < 1.29 is 23.8 Å². The molecule has 0 spiro atoms. The fourth-order valence-corrected chi connectivity index (χ4v) is 1.98. The van der Waals surface area contributed by atoms with Crippen LogP contribution in [0.2, 0.25) is 0 Å². The molecule has 0 aromatic heterocycles. The van der Waals surface area contributed by atoms with Crippen LogP contribution in [0.15, 0.2) is 23.8 Å². The summed E-state index contributed by atoms with van der Waals surface area (Å²) in [6, 6.07) is 0. The fraction of sp³-hybridized carbons (Fsp3) is 0.455. The van der Waals surface area contributed by atoms with Crippen LogP contribution in [-0.2, 0) is 23.8 Å². The standard InChI is InChI=1S/C11H12O5/c1-14-9(12)5-6-7-3-4-8(16-7)10(6)11(13)15-2/h3-5,7-8,10H,1-2H3/b6-5-. The summed E-state index contributed by atoms with van der Waals surface area (Å²) in [5, 5.41) is 0. The number of methoxy groups -OCH3 is 2. The highest BCUT2D eigenvalue weighted by Gasteiger charge is 2.46. The van der Waals surface area contributed by atoms with Gasteiger partial charge in [-0.25, -0.2) is 4.79 Å². The van der Waals surface area contributed by atoms with E-state index in [0.717, 1.165) is 0 Å². The number of fused-ring (bicyclic) bond motifs is 2. The number of hydrogen-bond donors (Lipinski definition) is 0. The van der Waals surface area contributed by atoms with Crippen LogP contribution in [0.1, 0.15) is 0 Å². The monoisotopic (exact) mass is 224 g/mol. The van der Waals surface area contributed by atoms with Gasteiger partial charge >= 0.3 is 11.9 Å². The Morgan fingerprint density at radius 2 is 2.06 bits per heavy atom. The van der Waals surface area contributed by atoms with E-state index in [0.29, 0.717) is 5.57 Å². The molecule has 1 saturated heterocycles. The van der Waals surface area contributed by atoms with Gasteiger partial charge in [0.2, 0.25) is 0 Å². The van der Waals surface area contributed by atoms with Gasteiger partial charge in [0.15, 0.2) is 0 Å². The molecule has 0 amide bonds. The summed E-state index contributed by atoms with van der Waals surface area (Å²) in [6.45, 7) is 0. The first kappa shape index (κ1) is 10.9. The van der Waals surface area contributed by atoms with E-state index in [9.17, 15) is 9.59 Å². The zero-order valence-corrected chi connectivity index (χ0v) is 9.01. The normalized spacial score (nSPS) is 33.1. The summed E-state index contributed by atoms with van der Waals surface area (Å²) < 4.78 is 14.7. The van der Waals surface area contributed by atoms with E-state index in [1.165, 1.54) is 20.3 Å². The first-order valence-corrected chi connectivity index (χ1v) is 4.88. The fourth-order valence-electron chi connectivity index (χ4n) is 1.98. The van der Waals surface area contributed by atoms with E-state index in [2.05, 4.69) is 9.47 Å². The van der Waals surface area contributed by atoms with Gasteiger partial charge in [0.25, 0.3) is 0 Å². The van der Waals surface area contributed by atoms with Crippen molar-refractivity contribution in [3.8, 4) is 0 Å². The Morgan fingerprint density at radius 1 is 1.31 bits per heavy atom. The average Bonchev–Trinajstić information content (AvgIpc) is 2.88. The van der Waals surface area contributed by atoms with Gasteiger partial charge in [0.1, 0.15) is 5.92 Å². The van der Waals surface area contributed by atoms with Crippen LogP contribution in [0.3, 0.4) is 0 Å². The zero-order chi connectivity index (χ0) is 11.7. The third kappa shape index (κ3) is 1.63. The van der Waals surface area contributed by atoms with E-state index in [-0.39, 0.29) is 12.2 Å². The molecule has 16 heavy (non-hydrogen) atoms. The highest BCUT2D eigenvalue weighted by molar-refractivity contribution is 5.87. The first-order valence-electron chi connectivity index (χ1n) is 4.88. The largest absolute Gasteiger partial charge is 0.468 e. The second-order valence-electron chi connectivity index (χ2n) is 3.57. The zero-order valence-electron chi connectivity index (χ0n) is 9.01. The lowest BCUT2D eigenvalue weighted by Crippen LogP contribution is -2.26. The molecule has 3 atom stereocenters. The highest BCUT2D eigenvalue weighted by atomic mass is 16.5. The first-order chi connectivity index (χ1) is 7.67. The quantitative estimate of drug-likeness (QED) is 0.381. The second-order valence-corrected chi connectivity index (χ2v) is 3.57. The Bertz CT molecular complexity index is 382. The number of hydrogen-bond acceptors (Lipinski definition) is 5. The van der Waals surface area contributed by atoms with Crippen LogP contribution in [0.4, 0.5) is 0 Å². The Balaban J connectivity index is 2.28. The number of ether oxygens (including phenoxy) is 3. The molecule has 2 bridgehead atoms. The molecule has 5 heteroatoms. The van der Waals surface area contributed by atoms with E-state index in [4.69, 9.17) is 4.74 Å². The minimum absolute atomic E-state index is 0.312. The Hall–Kier alpha value is -1.62. The SMILES string of the molecule is COC(=O)/C=C1/C2C=CC(O2)C1C(=O)OC. The molecular formula is C11H12O5. The summed E-state index contributed by atoms with van der Waals surface area (Å²) in [7, 11) is 2.60. The van der Waals surface area contributed by atoms with E-state index in [1.54, 1.807) is 6.08 Å². The molecule has 0 aliphatic carbocycles. The Labute approximate surface area is 92.7 Å². The lowest BCUT2D eigenvalue weighted by Gasteiger charge is -2.15. The number of carbonyl (C=O) groups is 2. The van der Waals surface area contributed by atoms with Gasteiger partial charge < -0.3 is 14.2 Å². The van der Waals surface area contributed by atoms with Crippen LogP contribution in [0.5, 0.6) is 0 Å². The molecule has 2 rings (SSSR count). The van der Waals surface area contributed by atoms with Crippen molar-refractivity contribution >= 4 is 11.9 Å². The van der Waals surface area contributed by atoms with Gasteiger partial charge in [0, 0.05) is 6.08 Å². The molecule has 86 valence electrons. The average molecular weight is 224 g/mol. The maximum absolute atomic E-state index is 11.6. The van der Waals surface area contributed by atoms with Gasteiger partial charge in [0.05, 0.1) is 26.4 Å². The molecule has 5 nitrogen and oxygen atoms in total. The molecule has 1 fully saturated rings. The maximum Gasteiger partial charge on any atom is 0.330 e. The molecule has 0 N–H and O–H groups in total. The predicted molar refractivity (Wildman–Crippen MR) is 53.4 cm³/mol. The smallest absolute Gasteiger partial charge is 0.330 e. The Morgan fingerprint density at radius 3 is 2.69 bits per heavy atom. The van der Waals surface area contributed by atoms with Crippen LogP contribution >= 0.6 is 0 Å². The van der Waals surface area contributed by atoms with Crippen molar-refractivity contribution in [2.75, 3.05) is 14.2 Å². The molecule has 2 aliphatic rings. The van der Waals surface area contributed by atoms with Crippen LogP contribution in [0, 0.1) is 5.92 Å². The number of carbonyl (C=O) groups excluding carboxylic acids is 2. The predicted octanol–water partition coefficient (Wildman–Crippen LogP) is 0.212. The summed E-state index contributed by atoms with van der Waals surface area (Å²) in [5.74, 6) is -1.42. The van der Waals surface area contributed by atoms with Crippen LogP contribution in [0.25, 0.3) is 0 Å². The van der Waals surface area contributed by atoms with Crippen molar-refractivity contribution in [1.29, 1.82) is 0 Å². The third-order valence-electron chi connectivity index (χ3n) is 2.74. The van der Waals surface area contributed by atoms with Crippen LogP contribution in [-0.4, -0.2) is 38.4 Å². The van der Waals surface area contributed by atoms with Gasteiger partial charge in [-0.05, 0) is 5.57 Å². The summed E-state index contributed by atoms with van der Waals surface area (Å²) in [4.78, 5) is 22.7. The maximum atomic E-state index is 11.6. The Kier molecular flexibility index (Phi) is 2.78. The van der Waals surface area contributed by atoms with Crippen molar-refractivity contribution in [2.45, 2.75) is 12.2 Å². The topological polar surface area (TPSA) is 61.8 Å². The molecule has 0 aromatic carbocycles. The van der Waals surface area contributed by atoms with Gasteiger partial charge in [-0.3, -0.25) is 4.79 Å². The lowest BCUT2D eigenvalue weighted by atomic mass is 9.88. The molecule has 0 radical (unpaired) electrons.